The van der Waals surface area contributed by atoms with Gasteiger partial charge in [-0.3, -0.25) is 9.59 Å². The van der Waals surface area contributed by atoms with E-state index in [1.54, 1.807) is 4.90 Å². The van der Waals surface area contributed by atoms with Crippen molar-refractivity contribution in [2.24, 2.45) is 0 Å². The number of carbonyl (C=O) groups is 2. The molecule has 9 heteroatoms. The lowest BCUT2D eigenvalue weighted by atomic mass is 10.1. The molecule has 0 saturated carbocycles. The lowest BCUT2D eigenvalue weighted by Gasteiger charge is -2.36. The molecule has 26 heavy (non-hydrogen) atoms. The van der Waals surface area contributed by atoms with Crippen molar-refractivity contribution in [3.63, 3.8) is 0 Å². The quantitative estimate of drug-likeness (QED) is 0.832. The van der Waals surface area contributed by atoms with Crippen LogP contribution in [0.5, 0.6) is 0 Å². The minimum Gasteiger partial charge on any atom is -0.339 e. The number of carbonyl (C=O) groups excluding carboxylic acids is 2. The third-order valence-corrected chi connectivity index (χ3v) is 5.65. The van der Waals surface area contributed by atoms with Crippen molar-refractivity contribution >= 4 is 36.0 Å². The van der Waals surface area contributed by atoms with Gasteiger partial charge in [-0.1, -0.05) is 6.07 Å². The highest BCUT2D eigenvalue weighted by atomic mass is 35.5. The summed E-state index contributed by atoms with van der Waals surface area (Å²) < 4.78 is 27.5. The zero-order valence-electron chi connectivity index (χ0n) is 14.2. The highest BCUT2D eigenvalue weighted by molar-refractivity contribution is 7.99. The highest BCUT2D eigenvalue weighted by Gasteiger charge is 2.29. The second kappa shape index (κ2) is 9.53. The molecule has 5 nitrogen and oxygen atoms in total. The van der Waals surface area contributed by atoms with Gasteiger partial charge in [0.05, 0.1) is 0 Å². The molecule has 1 aromatic carbocycles. The van der Waals surface area contributed by atoms with Gasteiger partial charge in [-0.2, -0.15) is 11.8 Å². The van der Waals surface area contributed by atoms with Crippen molar-refractivity contribution in [1.29, 1.82) is 0 Å². The molecule has 2 aliphatic rings. The molecule has 0 aliphatic carbocycles. The van der Waals surface area contributed by atoms with Gasteiger partial charge in [0.1, 0.15) is 17.2 Å². The molecule has 2 aliphatic heterocycles. The predicted molar refractivity (Wildman–Crippen MR) is 99.8 cm³/mol. The number of thioether (sulfide) groups is 1. The summed E-state index contributed by atoms with van der Waals surface area (Å²) in [6.45, 7) is 2.26. The smallest absolute Gasteiger partial charge is 0.259 e. The zero-order valence-corrected chi connectivity index (χ0v) is 15.9. The number of amides is 2. The minimum absolute atomic E-state index is 0. The average Bonchev–Trinajstić information content (AvgIpc) is 2.62. The maximum atomic E-state index is 13.8. The molecular formula is C17H22ClF2N3O2S. The van der Waals surface area contributed by atoms with Crippen molar-refractivity contribution in [2.45, 2.75) is 12.5 Å². The second-order valence-corrected chi connectivity index (χ2v) is 7.35. The standard InChI is InChI=1S/C17H21F2N3O2S.ClH/c18-13-2-1-3-14(19)16(13)17(24)22-7-5-21(6-8-22)15(23)10-12-11-25-9-4-20-12;/h1-3,12,20H,4-11H2;1H. The monoisotopic (exact) mass is 405 g/mol. The fourth-order valence-electron chi connectivity index (χ4n) is 3.11. The van der Waals surface area contributed by atoms with Crippen LogP contribution in [0.3, 0.4) is 0 Å². The van der Waals surface area contributed by atoms with E-state index in [-0.39, 0.29) is 37.4 Å². The van der Waals surface area contributed by atoms with Crippen LogP contribution in [-0.4, -0.2) is 71.9 Å². The van der Waals surface area contributed by atoms with E-state index >= 15 is 0 Å². The molecular weight excluding hydrogens is 384 g/mol. The van der Waals surface area contributed by atoms with Crippen LogP contribution in [0.15, 0.2) is 18.2 Å². The Kier molecular flexibility index (Phi) is 7.67. The number of rotatable bonds is 3. The summed E-state index contributed by atoms with van der Waals surface area (Å²) >= 11 is 1.84. The lowest BCUT2D eigenvalue weighted by molar-refractivity contribution is -0.133. The Labute approximate surface area is 161 Å². The number of hydrogen-bond acceptors (Lipinski definition) is 4. The molecule has 1 atom stereocenters. The van der Waals surface area contributed by atoms with Gasteiger partial charge in [0.15, 0.2) is 0 Å². The van der Waals surface area contributed by atoms with Gasteiger partial charge < -0.3 is 15.1 Å². The molecule has 1 N–H and O–H groups in total. The fourth-order valence-corrected chi connectivity index (χ4v) is 4.06. The maximum absolute atomic E-state index is 13.8. The normalized spacial score (nSPS) is 20.5. The first-order valence-electron chi connectivity index (χ1n) is 8.38. The number of nitrogens with one attached hydrogen (secondary N) is 1. The molecule has 0 radical (unpaired) electrons. The summed E-state index contributed by atoms with van der Waals surface area (Å²) in [6, 6.07) is 3.57. The Morgan fingerprint density at radius 2 is 1.73 bits per heavy atom. The van der Waals surface area contributed by atoms with Gasteiger partial charge in [0.25, 0.3) is 5.91 Å². The summed E-state index contributed by atoms with van der Waals surface area (Å²) in [5, 5.41) is 3.33. The molecule has 1 unspecified atom stereocenters. The van der Waals surface area contributed by atoms with Gasteiger partial charge in [-0.05, 0) is 12.1 Å². The van der Waals surface area contributed by atoms with E-state index in [4.69, 9.17) is 0 Å². The lowest BCUT2D eigenvalue weighted by Crippen LogP contribution is -2.52. The summed E-state index contributed by atoms with van der Waals surface area (Å²) in [5.74, 6) is -0.319. The summed E-state index contributed by atoms with van der Waals surface area (Å²) in [7, 11) is 0. The second-order valence-electron chi connectivity index (χ2n) is 6.20. The van der Waals surface area contributed by atoms with Crippen LogP contribution in [0.4, 0.5) is 8.78 Å². The average molecular weight is 406 g/mol. The van der Waals surface area contributed by atoms with Crippen LogP contribution in [0.25, 0.3) is 0 Å². The van der Waals surface area contributed by atoms with E-state index in [0.717, 1.165) is 30.2 Å². The van der Waals surface area contributed by atoms with Crippen LogP contribution in [0.2, 0.25) is 0 Å². The Morgan fingerprint density at radius 3 is 2.31 bits per heavy atom. The van der Waals surface area contributed by atoms with Crippen molar-refractivity contribution in [2.75, 3.05) is 44.2 Å². The molecule has 1 aromatic rings. The molecule has 3 rings (SSSR count). The number of nitrogens with zero attached hydrogens (tertiary/aromatic N) is 2. The van der Waals surface area contributed by atoms with Gasteiger partial charge in [-0.15, -0.1) is 12.4 Å². The van der Waals surface area contributed by atoms with Crippen molar-refractivity contribution < 1.29 is 18.4 Å². The van der Waals surface area contributed by atoms with E-state index in [0.29, 0.717) is 19.5 Å². The van der Waals surface area contributed by atoms with E-state index < -0.39 is 23.1 Å². The molecule has 0 spiro atoms. The largest absolute Gasteiger partial charge is 0.339 e. The van der Waals surface area contributed by atoms with E-state index in [1.165, 1.54) is 11.0 Å². The molecule has 2 heterocycles. The van der Waals surface area contributed by atoms with Gasteiger partial charge in [0.2, 0.25) is 5.91 Å². The van der Waals surface area contributed by atoms with Crippen molar-refractivity contribution in [3.05, 3.63) is 35.4 Å². The topological polar surface area (TPSA) is 52.7 Å². The Balaban J connectivity index is 0.00000243. The predicted octanol–water partition coefficient (Wildman–Crippen LogP) is 1.77. The van der Waals surface area contributed by atoms with Gasteiger partial charge in [0, 0.05) is 56.7 Å². The number of benzene rings is 1. The summed E-state index contributed by atoms with van der Waals surface area (Å²) in [4.78, 5) is 27.9. The molecule has 144 valence electrons. The third-order valence-electron chi connectivity index (χ3n) is 4.52. The van der Waals surface area contributed by atoms with Crippen LogP contribution < -0.4 is 5.32 Å². The Morgan fingerprint density at radius 1 is 1.12 bits per heavy atom. The first-order chi connectivity index (χ1) is 12.1. The van der Waals surface area contributed by atoms with E-state index in [2.05, 4.69) is 5.32 Å². The van der Waals surface area contributed by atoms with Crippen LogP contribution in [0, 0.1) is 11.6 Å². The molecule has 0 aromatic heterocycles. The summed E-state index contributed by atoms with van der Waals surface area (Å²) in [5.41, 5.74) is -0.522. The van der Waals surface area contributed by atoms with Crippen LogP contribution in [-0.2, 0) is 4.79 Å². The third kappa shape index (κ3) is 4.86. The highest BCUT2D eigenvalue weighted by Crippen LogP contribution is 2.17. The molecule has 2 fully saturated rings. The number of halogens is 3. The van der Waals surface area contributed by atoms with Crippen molar-refractivity contribution in [1.82, 2.24) is 15.1 Å². The first kappa shape index (κ1) is 20.9. The van der Waals surface area contributed by atoms with E-state index in [1.807, 2.05) is 11.8 Å². The number of hydrogen-bond donors (Lipinski definition) is 1. The van der Waals surface area contributed by atoms with Crippen LogP contribution >= 0.6 is 24.2 Å². The van der Waals surface area contributed by atoms with Gasteiger partial charge in [-0.25, -0.2) is 8.78 Å². The fraction of sp³-hybridized carbons (Fsp3) is 0.529. The zero-order chi connectivity index (χ0) is 17.8. The number of piperazine rings is 1. The Bertz CT molecular complexity index is 631. The molecule has 2 amide bonds. The Hall–Kier alpha value is -1.38. The van der Waals surface area contributed by atoms with Crippen molar-refractivity contribution in [3.8, 4) is 0 Å². The molecule has 2 saturated heterocycles. The van der Waals surface area contributed by atoms with E-state index in [9.17, 15) is 18.4 Å². The minimum atomic E-state index is -0.857. The molecule has 0 bridgehead atoms. The first-order valence-corrected chi connectivity index (χ1v) is 9.54. The summed E-state index contributed by atoms with van der Waals surface area (Å²) in [6.07, 6.45) is 0.447. The van der Waals surface area contributed by atoms with Gasteiger partial charge >= 0.3 is 0 Å². The SMILES string of the molecule is Cl.O=C(CC1CSCCN1)N1CCN(C(=O)c2c(F)cccc2F)CC1. The maximum Gasteiger partial charge on any atom is 0.259 e. The van der Waals surface area contributed by atoms with Crippen LogP contribution in [0.1, 0.15) is 16.8 Å².